The van der Waals surface area contributed by atoms with E-state index >= 15 is 4.39 Å². The molecule has 0 spiro atoms. The summed E-state index contributed by atoms with van der Waals surface area (Å²) in [5.41, 5.74) is 0.0295. The molecule has 0 saturated heterocycles. The van der Waals surface area contributed by atoms with Gasteiger partial charge in [-0.05, 0) is 56.6 Å². The summed E-state index contributed by atoms with van der Waals surface area (Å²) in [6.07, 6.45) is 6.47. The maximum Gasteiger partial charge on any atom is 0.330 e. The summed E-state index contributed by atoms with van der Waals surface area (Å²) in [4.78, 5) is 50.8. The molecule has 46 heavy (non-hydrogen) atoms. The molecule has 3 aromatic rings. The molecule has 1 aromatic carbocycles. The molecule has 2 amide bonds. The van der Waals surface area contributed by atoms with Gasteiger partial charge in [0.05, 0.1) is 24.6 Å². The first-order valence-electron chi connectivity index (χ1n) is 15.8. The van der Waals surface area contributed by atoms with Crippen molar-refractivity contribution in [3.05, 3.63) is 47.2 Å². The Labute approximate surface area is 271 Å². The van der Waals surface area contributed by atoms with Crippen LogP contribution in [-0.4, -0.2) is 70.1 Å². The molecule has 10 nitrogen and oxygen atoms in total. The summed E-state index contributed by atoms with van der Waals surface area (Å²) < 4.78 is 27.4. The molecule has 5 unspecified atom stereocenters. The van der Waals surface area contributed by atoms with Gasteiger partial charge in [0.2, 0.25) is 11.8 Å². The third-order valence-electron chi connectivity index (χ3n) is 9.47. The maximum absolute atomic E-state index is 15.6. The highest BCUT2D eigenvalue weighted by Crippen LogP contribution is 2.47. The van der Waals surface area contributed by atoms with Crippen molar-refractivity contribution in [3.8, 4) is 22.2 Å². The van der Waals surface area contributed by atoms with Crippen molar-refractivity contribution in [3.63, 3.8) is 0 Å². The number of halogens is 1. The molecule has 5 atom stereocenters. The summed E-state index contributed by atoms with van der Waals surface area (Å²) in [5, 5.41) is 15.8. The van der Waals surface area contributed by atoms with Crippen molar-refractivity contribution < 1.29 is 33.4 Å². The molecule has 2 aromatic heterocycles. The Kier molecular flexibility index (Phi) is 8.75. The summed E-state index contributed by atoms with van der Waals surface area (Å²) >= 11 is 1.41. The van der Waals surface area contributed by atoms with Gasteiger partial charge in [-0.2, -0.15) is 0 Å². The van der Waals surface area contributed by atoms with E-state index in [-0.39, 0.29) is 41.9 Å². The number of nitrogens with zero attached hydrogens (tertiary/aromatic N) is 3. The molecule has 2 fully saturated rings. The summed E-state index contributed by atoms with van der Waals surface area (Å²) in [7, 11) is 3.12. The molecule has 2 saturated carbocycles. The smallest absolute Gasteiger partial charge is 0.330 e. The van der Waals surface area contributed by atoms with Gasteiger partial charge in [0, 0.05) is 36.3 Å². The van der Waals surface area contributed by atoms with Crippen LogP contribution in [0.2, 0.25) is 0 Å². The number of ether oxygens (including phenoxy) is 2. The number of carbonyl (C=O) groups excluding carboxylic acids is 2. The highest BCUT2D eigenvalue weighted by Gasteiger charge is 2.61. The molecule has 0 radical (unpaired) electrons. The van der Waals surface area contributed by atoms with Gasteiger partial charge in [-0.25, -0.2) is 19.2 Å². The number of aromatic nitrogens is 2. The quantitative estimate of drug-likeness (QED) is 0.332. The van der Waals surface area contributed by atoms with Gasteiger partial charge in [0.15, 0.2) is 11.6 Å². The normalized spacial score (nSPS) is 27.5. The standard InChI is InChI=1S/C34H39FN4O6S/c1-18(2)25-17-46-31(37-25)24-15-27(21-10-11-26(44-4)28(35)29(21)36-24)45-20-13-22-23(14-20)32(41)39(3)12-8-6-5-7-9-19-16-34(19,33(42)43)38-30(22)40/h7,9-11,15,17-20,22-23H,5-6,8,12-14,16H2,1-4H3,(H,38,40)(H,42,43)/b9-7-. The number of benzene rings is 1. The Balaban J connectivity index is 1.35. The lowest BCUT2D eigenvalue weighted by Gasteiger charge is -2.26. The minimum atomic E-state index is -1.37. The van der Waals surface area contributed by atoms with Crippen LogP contribution in [0.1, 0.15) is 64.0 Å². The average molecular weight is 651 g/mol. The highest BCUT2D eigenvalue weighted by atomic mass is 32.1. The van der Waals surface area contributed by atoms with Crippen molar-refractivity contribution in [2.45, 2.75) is 69.9 Å². The van der Waals surface area contributed by atoms with Gasteiger partial charge in [-0.15, -0.1) is 11.3 Å². The Bertz CT molecular complexity index is 1710. The van der Waals surface area contributed by atoms with Crippen molar-refractivity contribution in [1.82, 2.24) is 20.2 Å². The number of aliphatic carboxylic acids is 1. The lowest BCUT2D eigenvalue weighted by molar-refractivity contribution is -0.145. The maximum atomic E-state index is 15.6. The zero-order valence-electron chi connectivity index (χ0n) is 26.4. The number of thiazole rings is 1. The van der Waals surface area contributed by atoms with Crippen LogP contribution >= 0.6 is 11.3 Å². The van der Waals surface area contributed by atoms with Gasteiger partial charge in [-0.1, -0.05) is 26.0 Å². The molecule has 3 aliphatic rings. The number of carbonyl (C=O) groups is 3. The minimum Gasteiger partial charge on any atom is -0.494 e. The van der Waals surface area contributed by atoms with Crippen LogP contribution in [0.15, 0.2) is 35.7 Å². The third-order valence-corrected chi connectivity index (χ3v) is 10.4. The SMILES string of the molecule is COc1ccc2c(OC3CC4C(=O)NC5(C(=O)O)CC5/C=C\CCCCN(C)C(=O)C4C3)cc(-c3nc(C(C)C)cs3)nc2c1F. The van der Waals surface area contributed by atoms with Crippen LogP contribution in [0, 0.1) is 23.6 Å². The molecule has 0 bridgehead atoms. The molecule has 12 heteroatoms. The number of carboxylic acid groups (broad SMARTS) is 1. The number of hydrogen-bond donors (Lipinski definition) is 2. The number of fused-ring (bicyclic) bond motifs is 3. The van der Waals surface area contributed by atoms with Crippen molar-refractivity contribution >= 4 is 40.0 Å². The van der Waals surface area contributed by atoms with Gasteiger partial charge < -0.3 is 24.8 Å². The number of rotatable bonds is 6. The average Bonchev–Trinajstić information content (AvgIpc) is 3.33. The molecule has 6 rings (SSSR count). The molecule has 244 valence electrons. The number of amides is 2. The predicted molar refractivity (Wildman–Crippen MR) is 171 cm³/mol. The van der Waals surface area contributed by atoms with Gasteiger partial charge >= 0.3 is 5.97 Å². The van der Waals surface area contributed by atoms with Gasteiger partial charge in [-0.3, -0.25) is 9.59 Å². The summed E-state index contributed by atoms with van der Waals surface area (Å²) in [6, 6.07) is 4.92. The zero-order chi connectivity index (χ0) is 32.7. The number of nitrogens with one attached hydrogen (secondary N) is 1. The fourth-order valence-corrected chi connectivity index (χ4v) is 7.55. The summed E-state index contributed by atoms with van der Waals surface area (Å²) in [6.45, 7) is 4.64. The first-order valence-corrected chi connectivity index (χ1v) is 16.7. The zero-order valence-corrected chi connectivity index (χ0v) is 27.2. The van der Waals surface area contributed by atoms with E-state index < -0.39 is 41.2 Å². The van der Waals surface area contributed by atoms with E-state index in [2.05, 4.69) is 10.3 Å². The lowest BCUT2D eigenvalue weighted by Crippen LogP contribution is -2.49. The monoisotopic (exact) mass is 650 g/mol. The fourth-order valence-electron chi connectivity index (χ4n) is 6.61. The number of pyridine rings is 1. The largest absolute Gasteiger partial charge is 0.494 e. The Hall–Kier alpha value is -4.06. The second-order valence-corrected chi connectivity index (χ2v) is 13.8. The van der Waals surface area contributed by atoms with Crippen molar-refractivity contribution in [2.75, 3.05) is 20.7 Å². The second-order valence-electron chi connectivity index (χ2n) is 12.9. The Morgan fingerprint density at radius 2 is 1.96 bits per heavy atom. The van der Waals surface area contributed by atoms with Crippen LogP contribution < -0.4 is 14.8 Å². The first kappa shape index (κ1) is 31.9. The van der Waals surface area contributed by atoms with Crippen LogP contribution in [-0.2, 0) is 14.4 Å². The minimum absolute atomic E-state index is 0.0425. The van der Waals surface area contributed by atoms with Crippen LogP contribution in [0.25, 0.3) is 21.6 Å². The lowest BCUT2D eigenvalue weighted by atomic mass is 9.93. The highest BCUT2D eigenvalue weighted by molar-refractivity contribution is 7.13. The number of methoxy groups -OCH3 is 1. The third kappa shape index (κ3) is 5.94. The Morgan fingerprint density at radius 1 is 1.17 bits per heavy atom. The number of carboxylic acids is 1. The molecular formula is C34H39FN4O6S. The van der Waals surface area contributed by atoms with Crippen LogP contribution in [0.3, 0.4) is 0 Å². The Morgan fingerprint density at radius 3 is 2.67 bits per heavy atom. The molecule has 1 aliphatic heterocycles. The van der Waals surface area contributed by atoms with Gasteiger partial charge in [0.1, 0.15) is 33.6 Å². The first-order chi connectivity index (χ1) is 22.0. The van der Waals surface area contributed by atoms with E-state index in [0.29, 0.717) is 34.8 Å². The predicted octanol–water partition coefficient (Wildman–Crippen LogP) is 5.56. The van der Waals surface area contributed by atoms with Crippen LogP contribution in [0.5, 0.6) is 11.5 Å². The fraction of sp³-hybridized carbons (Fsp3) is 0.500. The van der Waals surface area contributed by atoms with E-state index in [1.807, 2.05) is 31.4 Å². The van der Waals surface area contributed by atoms with E-state index in [0.717, 1.165) is 25.0 Å². The topological polar surface area (TPSA) is 131 Å². The molecule has 2 N–H and O–H groups in total. The molecule has 3 heterocycles. The van der Waals surface area contributed by atoms with E-state index in [1.165, 1.54) is 24.5 Å². The second kappa shape index (κ2) is 12.6. The summed E-state index contributed by atoms with van der Waals surface area (Å²) in [5.74, 6) is -3.53. The van der Waals surface area contributed by atoms with Gasteiger partial charge in [0.25, 0.3) is 0 Å². The van der Waals surface area contributed by atoms with Crippen molar-refractivity contribution in [1.29, 1.82) is 0 Å². The van der Waals surface area contributed by atoms with E-state index in [4.69, 9.17) is 14.5 Å². The van der Waals surface area contributed by atoms with Crippen LogP contribution in [0.4, 0.5) is 4.39 Å². The number of hydrogen-bond acceptors (Lipinski definition) is 8. The van der Waals surface area contributed by atoms with Crippen molar-refractivity contribution in [2.24, 2.45) is 17.8 Å². The molecular weight excluding hydrogens is 611 g/mol. The molecule has 2 aliphatic carbocycles. The number of allylic oxidation sites excluding steroid dienone is 1. The van der Waals surface area contributed by atoms with E-state index in [9.17, 15) is 19.5 Å². The van der Waals surface area contributed by atoms with E-state index in [1.54, 1.807) is 24.1 Å².